The lowest BCUT2D eigenvalue weighted by atomic mass is 10.1. The molecule has 6 nitrogen and oxygen atoms in total. The summed E-state index contributed by atoms with van der Waals surface area (Å²) in [5.41, 5.74) is 2.37. The highest BCUT2D eigenvalue weighted by atomic mass is 16.5. The molecule has 3 rings (SSSR count). The van der Waals surface area contributed by atoms with Crippen LogP contribution in [0.15, 0.2) is 36.4 Å². The summed E-state index contributed by atoms with van der Waals surface area (Å²) >= 11 is 0. The largest absolute Gasteiger partial charge is 0.497 e. The maximum atomic E-state index is 12.6. The molecule has 2 heterocycles. The molecular weight excluding hydrogens is 316 g/mol. The molecule has 1 amide bonds. The van der Waals surface area contributed by atoms with Gasteiger partial charge in [0, 0.05) is 25.3 Å². The summed E-state index contributed by atoms with van der Waals surface area (Å²) in [6.07, 6.45) is 0. The second-order valence-corrected chi connectivity index (χ2v) is 6.02. The van der Waals surface area contributed by atoms with Crippen LogP contribution in [0, 0.1) is 18.3 Å². The van der Waals surface area contributed by atoms with Gasteiger partial charge in [0.2, 0.25) is 5.91 Å². The third kappa shape index (κ3) is 3.72. The van der Waals surface area contributed by atoms with E-state index in [2.05, 4.69) is 11.1 Å². The molecule has 1 aromatic heterocycles. The Morgan fingerprint density at radius 1 is 1.28 bits per heavy atom. The second kappa shape index (κ2) is 7.22. The Labute approximate surface area is 147 Å². The van der Waals surface area contributed by atoms with Gasteiger partial charge in [0.05, 0.1) is 19.2 Å². The van der Waals surface area contributed by atoms with Crippen molar-refractivity contribution in [1.29, 1.82) is 5.26 Å². The first-order valence-electron chi connectivity index (χ1n) is 8.14. The van der Waals surface area contributed by atoms with E-state index in [0.717, 1.165) is 17.0 Å². The summed E-state index contributed by atoms with van der Waals surface area (Å²) in [5.74, 6) is 1.41. The number of benzene rings is 1. The average molecular weight is 336 g/mol. The molecule has 0 N–H and O–H groups in total. The zero-order chi connectivity index (χ0) is 17.8. The van der Waals surface area contributed by atoms with Crippen molar-refractivity contribution in [2.24, 2.45) is 0 Å². The Bertz CT molecular complexity index is 828. The lowest BCUT2D eigenvalue weighted by molar-refractivity contribution is -0.131. The maximum Gasteiger partial charge on any atom is 0.242 e. The number of anilines is 1. The summed E-state index contributed by atoms with van der Waals surface area (Å²) in [7, 11) is 1.63. The first-order chi connectivity index (χ1) is 12.1. The highest BCUT2D eigenvalue weighted by Gasteiger charge is 2.26. The molecule has 1 fully saturated rings. The van der Waals surface area contributed by atoms with Crippen molar-refractivity contribution in [2.45, 2.75) is 13.5 Å². The molecule has 6 heteroatoms. The van der Waals surface area contributed by atoms with Crippen LogP contribution in [-0.2, 0) is 11.3 Å². The molecular formula is C19H20N4O2. The van der Waals surface area contributed by atoms with Crippen LogP contribution in [0.2, 0.25) is 0 Å². The van der Waals surface area contributed by atoms with E-state index in [1.54, 1.807) is 13.2 Å². The number of carbonyl (C=O) groups excluding carboxylic acids is 1. The Kier molecular flexibility index (Phi) is 4.85. The van der Waals surface area contributed by atoms with Crippen LogP contribution in [0.3, 0.4) is 0 Å². The van der Waals surface area contributed by atoms with Crippen LogP contribution in [0.1, 0.15) is 16.8 Å². The smallest absolute Gasteiger partial charge is 0.242 e. The van der Waals surface area contributed by atoms with Crippen molar-refractivity contribution in [1.82, 2.24) is 9.88 Å². The highest BCUT2D eigenvalue weighted by molar-refractivity contribution is 5.83. The van der Waals surface area contributed by atoms with E-state index >= 15 is 0 Å². The van der Waals surface area contributed by atoms with E-state index in [0.29, 0.717) is 31.0 Å². The van der Waals surface area contributed by atoms with Crippen molar-refractivity contribution in [2.75, 3.05) is 31.6 Å². The second-order valence-electron chi connectivity index (χ2n) is 6.02. The number of nitriles is 1. The van der Waals surface area contributed by atoms with Gasteiger partial charge in [-0.1, -0.05) is 12.1 Å². The minimum atomic E-state index is 0.0289. The molecule has 1 aliphatic rings. The molecule has 1 aromatic carbocycles. The number of piperazine rings is 1. The number of ether oxygens (including phenoxy) is 1. The van der Waals surface area contributed by atoms with E-state index in [1.165, 1.54) is 0 Å². The SMILES string of the molecule is COc1cccc(CN2CCN(c3nc(C)ccc3C#N)CC2=O)c1. The quantitative estimate of drug-likeness (QED) is 0.855. The fourth-order valence-corrected chi connectivity index (χ4v) is 2.92. The Balaban J connectivity index is 1.72. The molecule has 0 spiro atoms. The van der Waals surface area contributed by atoms with Crippen LogP contribution in [0.25, 0.3) is 0 Å². The van der Waals surface area contributed by atoms with Crippen LogP contribution in [-0.4, -0.2) is 42.5 Å². The van der Waals surface area contributed by atoms with Gasteiger partial charge in [-0.25, -0.2) is 4.98 Å². The Morgan fingerprint density at radius 3 is 2.84 bits per heavy atom. The molecule has 0 aliphatic carbocycles. The van der Waals surface area contributed by atoms with Gasteiger partial charge in [-0.05, 0) is 36.8 Å². The standard InChI is InChI=1S/C19H20N4O2/c1-14-6-7-16(11-20)19(21-14)23-9-8-22(18(24)13-23)12-15-4-3-5-17(10-15)25-2/h3-7,10H,8-9,12-13H2,1-2H3. The number of aryl methyl sites for hydroxylation is 1. The van der Waals surface area contributed by atoms with Crippen molar-refractivity contribution >= 4 is 11.7 Å². The van der Waals surface area contributed by atoms with E-state index in [1.807, 2.05) is 47.1 Å². The molecule has 0 unspecified atom stereocenters. The summed E-state index contributed by atoms with van der Waals surface area (Å²) in [6.45, 7) is 3.91. The number of amides is 1. The minimum absolute atomic E-state index is 0.0289. The van der Waals surface area contributed by atoms with Gasteiger partial charge in [-0.15, -0.1) is 0 Å². The summed E-state index contributed by atoms with van der Waals surface area (Å²) < 4.78 is 5.23. The fourth-order valence-electron chi connectivity index (χ4n) is 2.92. The summed E-state index contributed by atoms with van der Waals surface area (Å²) in [5, 5.41) is 9.28. The van der Waals surface area contributed by atoms with Crippen molar-refractivity contribution in [3.05, 3.63) is 53.2 Å². The van der Waals surface area contributed by atoms with Gasteiger partial charge < -0.3 is 14.5 Å². The first-order valence-corrected chi connectivity index (χ1v) is 8.14. The molecule has 0 radical (unpaired) electrons. The molecule has 1 saturated heterocycles. The lowest BCUT2D eigenvalue weighted by Gasteiger charge is -2.35. The predicted molar refractivity (Wildman–Crippen MR) is 94.3 cm³/mol. The normalized spacial score (nSPS) is 14.4. The van der Waals surface area contributed by atoms with Crippen LogP contribution >= 0.6 is 0 Å². The van der Waals surface area contributed by atoms with Crippen molar-refractivity contribution in [3.63, 3.8) is 0 Å². The first kappa shape index (κ1) is 16.8. The number of nitrogens with zero attached hydrogens (tertiary/aromatic N) is 4. The molecule has 25 heavy (non-hydrogen) atoms. The molecule has 0 bridgehead atoms. The molecule has 128 valence electrons. The number of hydrogen-bond donors (Lipinski definition) is 0. The number of methoxy groups -OCH3 is 1. The zero-order valence-electron chi connectivity index (χ0n) is 14.4. The molecule has 0 saturated carbocycles. The summed E-state index contributed by atoms with van der Waals surface area (Å²) in [4.78, 5) is 20.7. The average Bonchev–Trinajstić information content (AvgIpc) is 2.63. The fraction of sp³-hybridized carbons (Fsp3) is 0.316. The van der Waals surface area contributed by atoms with Crippen LogP contribution in [0.5, 0.6) is 5.75 Å². The Hall–Kier alpha value is -3.07. The van der Waals surface area contributed by atoms with E-state index < -0.39 is 0 Å². The lowest BCUT2D eigenvalue weighted by Crippen LogP contribution is -2.50. The van der Waals surface area contributed by atoms with E-state index in [4.69, 9.17) is 4.74 Å². The zero-order valence-corrected chi connectivity index (χ0v) is 14.4. The van der Waals surface area contributed by atoms with Gasteiger partial charge in [-0.3, -0.25) is 4.79 Å². The van der Waals surface area contributed by atoms with Gasteiger partial charge in [0.25, 0.3) is 0 Å². The van der Waals surface area contributed by atoms with E-state index in [9.17, 15) is 10.1 Å². The molecule has 1 aliphatic heterocycles. The third-order valence-electron chi connectivity index (χ3n) is 4.26. The Morgan fingerprint density at radius 2 is 2.12 bits per heavy atom. The van der Waals surface area contributed by atoms with Crippen LogP contribution < -0.4 is 9.64 Å². The number of rotatable bonds is 4. The number of hydrogen-bond acceptors (Lipinski definition) is 5. The van der Waals surface area contributed by atoms with Gasteiger partial charge in [-0.2, -0.15) is 5.26 Å². The summed E-state index contributed by atoms with van der Waals surface area (Å²) in [6, 6.07) is 13.4. The van der Waals surface area contributed by atoms with Gasteiger partial charge in [0.1, 0.15) is 17.6 Å². The monoisotopic (exact) mass is 336 g/mol. The van der Waals surface area contributed by atoms with Gasteiger partial charge >= 0.3 is 0 Å². The third-order valence-corrected chi connectivity index (χ3v) is 4.26. The van der Waals surface area contributed by atoms with Crippen molar-refractivity contribution < 1.29 is 9.53 Å². The number of pyridine rings is 1. The topological polar surface area (TPSA) is 69.5 Å². The van der Waals surface area contributed by atoms with Crippen LogP contribution in [0.4, 0.5) is 5.82 Å². The molecule has 2 aromatic rings. The van der Waals surface area contributed by atoms with E-state index in [-0.39, 0.29) is 12.5 Å². The predicted octanol–water partition coefficient (Wildman–Crippen LogP) is 2.12. The maximum absolute atomic E-state index is 12.6. The van der Waals surface area contributed by atoms with Gasteiger partial charge in [0.15, 0.2) is 0 Å². The number of aromatic nitrogens is 1. The molecule has 0 atom stereocenters. The van der Waals surface area contributed by atoms with Crippen molar-refractivity contribution in [3.8, 4) is 11.8 Å². The highest BCUT2D eigenvalue weighted by Crippen LogP contribution is 2.21. The number of carbonyl (C=O) groups is 1. The minimum Gasteiger partial charge on any atom is -0.497 e.